The van der Waals surface area contributed by atoms with Crippen LogP contribution >= 0.6 is 0 Å². The number of nitrogens with one attached hydrogen (secondary N) is 1. The Morgan fingerprint density at radius 2 is 2.05 bits per heavy atom. The van der Waals surface area contributed by atoms with Gasteiger partial charge >= 0.3 is 0 Å². The standard InChI is InChI=1S/C13H19F2N5/c1-4-19-13(5-9(2)18-19)16-6-11-7-17-20(10(11)3)8-12(14)15/h5,7,12,16H,4,6,8H2,1-3H3. The lowest BCUT2D eigenvalue weighted by Crippen LogP contribution is -2.11. The van der Waals surface area contributed by atoms with Gasteiger partial charge in [0.2, 0.25) is 0 Å². The maximum atomic E-state index is 12.4. The third-order valence-electron chi connectivity index (χ3n) is 3.18. The van der Waals surface area contributed by atoms with E-state index in [0.29, 0.717) is 6.54 Å². The van der Waals surface area contributed by atoms with E-state index in [1.54, 1.807) is 13.1 Å². The number of aryl methyl sites for hydroxylation is 2. The second-order valence-corrected chi connectivity index (χ2v) is 4.67. The molecule has 7 heteroatoms. The SMILES string of the molecule is CCn1nc(C)cc1NCc1cnn(CC(F)F)c1C. The van der Waals surface area contributed by atoms with E-state index in [1.807, 2.05) is 24.6 Å². The molecule has 1 N–H and O–H groups in total. The molecule has 0 aliphatic rings. The van der Waals surface area contributed by atoms with Crippen LogP contribution in [0.3, 0.4) is 0 Å². The van der Waals surface area contributed by atoms with Crippen LogP contribution in [0.2, 0.25) is 0 Å². The molecule has 0 radical (unpaired) electrons. The number of hydrogen-bond donors (Lipinski definition) is 1. The third-order valence-corrected chi connectivity index (χ3v) is 3.18. The molecular weight excluding hydrogens is 264 g/mol. The number of aromatic nitrogens is 4. The first-order valence-corrected chi connectivity index (χ1v) is 6.59. The Labute approximate surface area is 116 Å². The molecule has 20 heavy (non-hydrogen) atoms. The van der Waals surface area contributed by atoms with Crippen molar-refractivity contribution in [3.05, 3.63) is 29.2 Å². The molecule has 0 bridgehead atoms. The first kappa shape index (κ1) is 14.5. The van der Waals surface area contributed by atoms with E-state index in [-0.39, 0.29) is 6.54 Å². The largest absolute Gasteiger partial charge is 0.366 e. The number of anilines is 1. The molecular formula is C13H19F2N5. The molecule has 5 nitrogen and oxygen atoms in total. The van der Waals surface area contributed by atoms with Crippen molar-refractivity contribution >= 4 is 5.82 Å². The van der Waals surface area contributed by atoms with Crippen molar-refractivity contribution in [2.24, 2.45) is 0 Å². The van der Waals surface area contributed by atoms with Gasteiger partial charge in [0.05, 0.1) is 11.9 Å². The summed E-state index contributed by atoms with van der Waals surface area (Å²) in [5.74, 6) is 0.922. The van der Waals surface area contributed by atoms with Gasteiger partial charge in [-0.3, -0.25) is 4.68 Å². The van der Waals surface area contributed by atoms with Crippen molar-refractivity contribution in [3.8, 4) is 0 Å². The predicted molar refractivity (Wildman–Crippen MR) is 72.9 cm³/mol. The van der Waals surface area contributed by atoms with Gasteiger partial charge in [0.1, 0.15) is 12.4 Å². The van der Waals surface area contributed by atoms with Crippen molar-refractivity contribution in [2.75, 3.05) is 5.32 Å². The average molecular weight is 283 g/mol. The highest BCUT2D eigenvalue weighted by Crippen LogP contribution is 2.14. The summed E-state index contributed by atoms with van der Waals surface area (Å²) in [5.41, 5.74) is 2.61. The van der Waals surface area contributed by atoms with Crippen LogP contribution in [0.4, 0.5) is 14.6 Å². The van der Waals surface area contributed by atoms with Crippen molar-refractivity contribution in [1.82, 2.24) is 19.6 Å². The highest BCUT2D eigenvalue weighted by atomic mass is 19.3. The normalized spacial score (nSPS) is 11.3. The van der Waals surface area contributed by atoms with Gasteiger partial charge in [-0.15, -0.1) is 0 Å². The van der Waals surface area contributed by atoms with E-state index in [1.165, 1.54) is 4.68 Å². The molecule has 2 aromatic rings. The maximum Gasteiger partial charge on any atom is 0.257 e. The quantitative estimate of drug-likeness (QED) is 0.886. The smallest absolute Gasteiger partial charge is 0.257 e. The van der Waals surface area contributed by atoms with E-state index in [9.17, 15) is 8.78 Å². The number of halogens is 2. The Bertz CT molecular complexity index is 573. The summed E-state index contributed by atoms with van der Waals surface area (Å²) in [7, 11) is 0. The molecule has 2 rings (SSSR count). The van der Waals surface area contributed by atoms with Gasteiger partial charge in [0, 0.05) is 30.4 Å². The van der Waals surface area contributed by atoms with Crippen LogP contribution in [-0.4, -0.2) is 26.0 Å². The Morgan fingerprint density at radius 3 is 2.70 bits per heavy atom. The minimum atomic E-state index is -2.39. The van der Waals surface area contributed by atoms with E-state index in [2.05, 4.69) is 15.5 Å². The average Bonchev–Trinajstić information content (AvgIpc) is 2.91. The lowest BCUT2D eigenvalue weighted by atomic mass is 10.2. The predicted octanol–water partition coefficient (Wildman–Crippen LogP) is 2.59. The van der Waals surface area contributed by atoms with Gasteiger partial charge in [0.25, 0.3) is 6.43 Å². The number of hydrogen-bond acceptors (Lipinski definition) is 3. The zero-order valence-corrected chi connectivity index (χ0v) is 11.9. The third kappa shape index (κ3) is 3.15. The molecule has 0 amide bonds. The van der Waals surface area contributed by atoms with E-state index >= 15 is 0 Å². The van der Waals surface area contributed by atoms with Crippen molar-refractivity contribution in [1.29, 1.82) is 0 Å². The van der Waals surface area contributed by atoms with Crippen molar-refractivity contribution in [2.45, 2.75) is 46.8 Å². The van der Waals surface area contributed by atoms with Gasteiger partial charge in [-0.2, -0.15) is 10.2 Å². The first-order valence-electron chi connectivity index (χ1n) is 6.59. The van der Waals surface area contributed by atoms with E-state index in [0.717, 1.165) is 29.3 Å². The number of nitrogens with zero attached hydrogens (tertiary/aromatic N) is 4. The van der Waals surface area contributed by atoms with Gasteiger partial charge in [-0.05, 0) is 20.8 Å². The Hall–Kier alpha value is -1.92. The molecule has 0 aromatic carbocycles. The Balaban J connectivity index is 2.05. The van der Waals surface area contributed by atoms with Gasteiger partial charge in [-0.1, -0.05) is 0 Å². The summed E-state index contributed by atoms with van der Waals surface area (Å²) in [6.45, 7) is 6.71. The van der Waals surface area contributed by atoms with E-state index < -0.39 is 6.43 Å². The first-order chi connectivity index (χ1) is 9.51. The molecule has 0 aliphatic carbocycles. The number of alkyl halides is 2. The number of rotatable bonds is 6. The lowest BCUT2D eigenvalue weighted by molar-refractivity contribution is 0.121. The summed E-state index contributed by atoms with van der Waals surface area (Å²) >= 11 is 0. The van der Waals surface area contributed by atoms with E-state index in [4.69, 9.17) is 0 Å². The van der Waals surface area contributed by atoms with Gasteiger partial charge in [0.15, 0.2) is 0 Å². The fourth-order valence-corrected chi connectivity index (χ4v) is 2.09. The molecule has 110 valence electrons. The molecule has 2 aromatic heterocycles. The molecule has 0 spiro atoms. The lowest BCUT2D eigenvalue weighted by Gasteiger charge is -2.08. The minimum Gasteiger partial charge on any atom is -0.366 e. The van der Waals surface area contributed by atoms with Crippen LogP contribution in [0, 0.1) is 13.8 Å². The summed E-state index contributed by atoms with van der Waals surface area (Å²) in [5, 5.41) is 11.6. The van der Waals surface area contributed by atoms with Crippen molar-refractivity contribution in [3.63, 3.8) is 0 Å². The second-order valence-electron chi connectivity index (χ2n) is 4.67. The Morgan fingerprint density at radius 1 is 1.30 bits per heavy atom. The molecule has 0 fully saturated rings. The van der Waals surface area contributed by atoms with Crippen LogP contribution in [0.1, 0.15) is 23.9 Å². The summed E-state index contributed by atoms with van der Waals surface area (Å²) < 4.78 is 28.0. The highest BCUT2D eigenvalue weighted by Gasteiger charge is 2.11. The molecule has 0 aliphatic heterocycles. The fraction of sp³-hybridized carbons (Fsp3) is 0.538. The Kier molecular flexibility index (Phi) is 4.36. The summed E-state index contributed by atoms with van der Waals surface area (Å²) in [4.78, 5) is 0. The van der Waals surface area contributed by atoms with Crippen LogP contribution in [0.15, 0.2) is 12.3 Å². The van der Waals surface area contributed by atoms with Crippen molar-refractivity contribution < 1.29 is 8.78 Å². The molecule has 0 atom stereocenters. The van der Waals surface area contributed by atoms with Gasteiger partial charge in [-0.25, -0.2) is 13.5 Å². The monoisotopic (exact) mass is 283 g/mol. The van der Waals surface area contributed by atoms with Crippen LogP contribution < -0.4 is 5.32 Å². The minimum absolute atomic E-state index is 0.363. The van der Waals surface area contributed by atoms with Crippen LogP contribution in [-0.2, 0) is 19.6 Å². The summed E-state index contributed by atoms with van der Waals surface area (Å²) in [6, 6.07) is 1.96. The molecule has 0 unspecified atom stereocenters. The van der Waals surface area contributed by atoms with Crippen LogP contribution in [0.25, 0.3) is 0 Å². The highest BCUT2D eigenvalue weighted by molar-refractivity contribution is 5.38. The molecule has 0 saturated heterocycles. The summed E-state index contributed by atoms with van der Waals surface area (Å²) in [6.07, 6.45) is -0.761. The second kappa shape index (κ2) is 6.02. The topological polar surface area (TPSA) is 47.7 Å². The maximum absolute atomic E-state index is 12.4. The zero-order chi connectivity index (χ0) is 14.7. The molecule has 2 heterocycles. The zero-order valence-electron chi connectivity index (χ0n) is 11.9. The van der Waals surface area contributed by atoms with Crippen LogP contribution in [0.5, 0.6) is 0 Å². The molecule has 0 saturated carbocycles. The fourth-order valence-electron chi connectivity index (χ4n) is 2.09. The van der Waals surface area contributed by atoms with Gasteiger partial charge < -0.3 is 5.32 Å².